The highest BCUT2D eigenvalue weighted by Crippen LogP contribution is 2.20. The molecule has 0 atom stereocenters. The maximum atomic E-state index is 4.53. The van der Waals surface area contributed by atoms with Crippen molar-refractivity contribution in [3.8, 4) is 0 Å². The van der Waals surface area contributed by atoms with Crippen molar-refractivity contribution in [1.29, 1.82) is 0 Å². The minimum absolute atomic E-state index is 0.515. The zero-order valence-electron chi connectivity index (χ0n) is 10.7. The van der Waals surface area contributed by atoms with Crippen LogP contribution in [-0.4, -0.2) is 15.8 Å². The van der Waals surface area contributed by atoms with E-state index in [0.29, 0.717) is 5.92 Å². The molecule has 3 nitrogen and oxygen atoms in total. The summed E-state index contributed by atoms with van der Waals surface area (Å²) in [5.74, 6) is 0.515. The Kier molecular flexibility index (Phi) is 3.64. The third-order valence-electron chi connectivity index (χ3n) is 3.42. The molecule has 90 valence electrons. The lowest BCUT2D eigenvalue weighted by Crippen LogP contribution is -2.25. The molecule has 0 radical (unpaired) electrons. The van der Waals surface area contributed by atoms with Crippen LogP contribution in [-0.2, 0) is 13.6 Å². The normalized spacial score (nSPS) is 17.5. The third-order valence-corrected chi connectivity index (χ3v) is 3.42. The van der Waals surface area contributed by atoms with Gasteiger partial charge in [-0.1, -0.05) is 26.7 Å². The highest BCUT2D eigenvalue weighted by molar-refractivity contribution is 5.20. The van der Waals surface area contributed by atoms with Gasteiger partial charge in [-0.05, 0) is 18.8 Å². The van der Waals surface area contributed by atoms with Crippen LogP contribution in [0.4, 0.5) is 0 Å². The lowest BCUT2D eigenvalue weighted by molar-refractivity contribution is 0.521. The van der Waals surface area contributed by atoms with Gasteiger partial charge >= 0.3 is 0 Å². The molecule has 1 aromatic heterocycles. The zero-order valence-corrected chi connectivity index (χ0v) is 10.7. The van der Waals surface area contributed by atoms with Crippen LogP contribution in [0.1, 0.15) is 56.7 Å². The molecular formula is C13H23N3. The van der Waals surface area contributed by atoms with Crippen LogP contribution in [0, 0.1) is 0 Å². The van der Waals surface area contributed by atoms with E-state index in [4.69, 9.17) is 0 Å². The molecule has 1 aliphatic rings. The van der Waals surface area contributed by atoms with Gasteiger partial charge in [0.05, 0.1) is 5.69 Å². The van der Waals surface area contributed by atoms with E-state index in [1.165, 1.54) is 36.9 Å². The minimum atomic E-state index is 0.515. The first-order valence-electron chi connectivity index (χ1n) is 6.42. The second kappa shape index (κ2) is 5.00. The van der Waals surface area contributed by atoms with Gasteiger partial charge in [0.1, 0.15) is 0 Å². The predicted octanol–water partition coefficient (Wildman–Crippen LogP) is 2.58. The SMILES string of the molecule is CC(C)c1nn(C)cc1CNC1CCCC1. The van der Waals surface area contributed by atoms with E-state index >= 15 is 0 Å². The van der Waals surface area contributed by atoms with Crippen molar-refractivity contribution in [2.24, 2.45) is 7.05 Å². The van der Waals surface area contributed by atoms with E-state index in [1.807, 2.05) is 11.7 Å². The van der Waals surface area contributed by atoms with Gasteiger partial charge in [-0.15, -0.1) is 0 Å². The van der Waals surface area contributed by atoms with E-state index in [0.717, 1.165) is 12.6 Å². The van der Waals surface area contributed by atoms with Crippen LogP contribution >= 0.6 is 0 Å². The lowest BCUT2D eigenvalue weighted by Gasteiger charge is -2.12. The number of rotatable bonds is 4. The van der Waals surface area contributed by atoms with Crippen molar-refractivity contribution in [2.75, 3.05) is 0 Å². The number of nitrogens with zero attached hydrogens (tertiary/aromatic N) is 2. The molecule has 2 rings (SSSR count). The van der Waals surface area contributed by atoms with Gasteiger partial charge in [-0.3, -0.25) is 4.68 Å². The molecule has 1 aliphatic carbocycles. The first-order valence-corrected chi connectivity index (χ1v) is 6.42. The molecule has 0 saturated heterocycles. The Hall–Kier alpha value is -0.830. The molecule has 1 saturated carbocycles. The fourth-order valence-corrected chi connectivity index (χ4v) is 2.56. The summed E-state index contributed by atoms with van der Waals surface area (Å²) in [5, 5.41) is 8.19. The van der Waals surface area contributed by atoms with Gasteiger partial charge < -0.3 is 5.32 Å². The highest BCUT2D eigenvalue weighted by Gasteiger charge is 2.16. The van der Waals surface area contributed by atoms with Crippen LogP contribution in [0.15, 0.2) is 6.20 Å². The van der Waals surface area contributed by atoms with E-state index in [1.54, 1.807) is 0 Å². The van der Waals surface area contributed by atoms with Crippen LogP contribution < -0.4 is 5.32 Å². The first kappa shape index (κ1) is 11.6. The maximum absolute atomic E-state index is 4.53. The monoisotopic (exact) mass is 221 g/mol. The summed E-state index contributed by atoms with van der Waals surface area (Å²) in [7, 11) is 2.00. The van der Waals surface area contributed by atoms with Crippen LogP contribution in [0.3, 0.4) is 0 Å². The summed E-state index contributed by atoms with van der Waals surface area (Å²) in [6.45, 7) is 5.40. The van der Waals surface area contributed by atoms with Gasteiger partial charge in [-0.2, -0.15) is 5.10 Å². The summed E-state index contributed by atoms with van der Waals surface area (Å²) in [6.07, 6.45) is 7.62. The molecule has 0 aliphatic heterocycles. The number of hydrogen-bond acceptors (Lipinski definition) is 2. The Morgan fingerprint density at radius 3 is 2.75 bits per heavy atom. The van der Waals surface area contributed by atoms with Gasteiger partial charge in [0.25, 0.3) is 0 Å². The molecule has 1 fully saturated rings. The first-order chi connectivity index (χ1) is 7.66. The third kappa shape index (κ3) is 2.64. The molecule has 16 heavy (non-hydrogen) atoms. The summed E-state index contributed by atoms with van der Waals surface area (Å²) < 4.78 is 1.93. The summed E-state index contributed by atoms with van der Waals surface area (Å²) >= 11 is 0. The van der Waals surface area contributed by atoms with Crippen molar-refractivity contribution in [3.05, 3.63) is 17.5 Å². The number of nitrogens with one attached hydrogen (secondary N) is 1. The fraction of sp³-hybridized carbons (Fsp3) is 0.769. The Morgan fingerprint density at radius 2 is 2.12 bits per heavy atom. The van der Waals surface area contributed by atoms with E-state index in [2.05, 4.69) is 30.5 Å². The van der Waals surface area contributed by atoms with Crippen LogP contribution in [0.5, 0.6) is 0 Å². The fourth-order valence-electron chi connectivity index (χ4n) is 2.56. The molecular weight excluding hydrogens is 198 g/mol. The van der Waals surface area contributed by atoms with E-state index < -0.39 is 0 Å². The molecule has 0 unspecified atom stereocenters. The standard InChI is InChI=1S/C13H23N3/c1-10(2)13-11(9-16(3)15-13)8-14-12-6-4-5-7-12/h9-10,12,14H,4-8H2,1-3H3. The van der Waals surface area contributed by atoms with Gasteiger partial charge in [0.2, 0.25) is 0 Å². The van der Waals surface area contributed by atoms with E-state index in [9.17, 15) is 0 Å². The smallest absolute Gasteiger partial charge is 0.0694 e. The summed E-state index contributed by atoms with van der Waals surface area (Å²) in [6, 6.07) is 0.736. The van der Waals surface area contributed by atoms with Crippen molar-refractivity contribution < 1.29 is 0 Å². The van der Waals surface area contributed by atoms with E-state index in [-0.39, 0.29) is 0 Å². The molecule has 0 aromatic carbocycles. The maximum Gasteiger partial charge on any atom is 0.0694 e. The average molecular weight is 221 g/mol. The summed E-state index contributed by atoms with van der Waals surface area (Å²) in [5.41, 5.74) is 2.61. The molecule has 3 heteroatoms. The Balaban J connectivity index is 1.97. The lowest BCUT2D eigenvalue weighted by atomic mass is 10.1. The largest absolute Gasteiger partial charge is 0.310 e. The molecule has 0 spiro atoms. The highest BCUT2D eigenvalue weighted by atomic mass is 15.3. The molecule has 1 heterocycles. The molecule has 0 bridgehead atoms. The number of aryl methyl sites for hydroxylation is 1. The van der Waals surface area contributed by atoms with Crippen molar-refractivity contribution in [3.63, 3.8) is 0 Å². The second-order valence-corrected chi connectivity index (χ2v) is 5.23. The Labute approximate surface area is 98.2 Å². The van der Waals surface area contributed by atoms with Gasteiger partial charge in [0.15, 0.2) is 0 Å². The summed E-state index contributed by atoms with van der Waals surface area (Å²) in [4.78, 5) is 0. The van der Waals surface area contributed by atoms with Crippen molar-refractivity contribution >= 4 is 0 Å². The number of hydrogen-bond donors (Lipinski definition) is 1. The second-order valence-electron chi connectivity index (χ2n) is 5.23. The number of aromatic nitrogens is 2. The predicted molar refractivity (Wildman–Crippen MR) is 66.4 cm³/mol. The van der Waals surface area contributed by atoms with Crippen molar-refractivity contribution in [2.45, 2.75) is 58.0 Å². The Morgan fingerprint density at radius 1 is 1.44 bits per heavy atom. The molecule has 0 amide bonds. The molecule has 1 N–H and O–H groups in total. The topological polar surface area (TPSA) is 29.9 Å². The average Bonchev–Trinajstić information content (AvgIpc) is 2.83. The molecule has 1 aromatic rings. The van der Waals surface area contributed by atoms with Gasteiger partial charge in [-0.25, -0.2) is 0 Å². The minimum Gasteiger partial charge on any atom is -0.310 e. The van der Waals surface area contributed by atoms with Crippen LogP contribution in [0.25, 0.3) is 0 Å². The zero-order chi connectivity index (χ0) is 11.5. The Bertz CT molecular complexity index is 335. The van der Waals surface area contributed by atoms with Crippen LogP contribution in [0.2, 0.25) is 0 Å². The van der Waals surface area contributed by atoms with Crippen molar-refractivity contribution in [1.82, 2.24) is 15.1 Å². The quantitative estimate of drug-likeness (QED) is 0.847. The van der Waals surface area contributed by atoms with Gasteiger partial charge in [0, 0.05) is 31.4 Å².